The number of aromatic nitrogens is 4. The molecule has 0 aliphatic carbocycles. The molecule has 1 unspecified atom stereocenters. The van der Waals surface area contributed by atoms with Gasteiger partial charge in [-0.05, 0) is 83.2 Å². The summed E-state index contributed by atoms with van der Waals surface area (Å²) in [5.41, 5.74) is 4.10. The molecule has 0 spiro atoms. The minimum absolute atomic E-state index is 0.232. The number of hydrogen-bond acceptors (Lipinski definition) is 8. The van der Waals surface area contributed by atoms with Crippen molar-refractivity contribution in [2.45, 2.75) is 53.2 Å². The quantitative estimate of drug-likeness (QED) is 0.224. The summed E-state index contributed by atoms with van der Waals surface area (Å²) >= 11 is 0. The number of nitrogens with zero attached hydrogens (tertiary/aromatic N) is 5. The van der Waals surface area contributed by atoms with E-state index in [9.17, 15) is 9.59 Å². The molecule has 11 nitrogen and oxygen atoms in total. The maximum atomic E-state index is 13.3. The first-order chi connectivity index (χ1) is 20.8. The van der Waals surface area contributed by atoms with Gasteiger partial charge < -0.3 is 20.8 Å². The molecule has 11 heteroatoms. The second-order valence-electron chi connectivity index (χ2n) is 11.4. The third-order valence-corrected chi connectivity index (χ3v) is 6.82. The molecule has 0 saturated heterocycles. The van der Waals surface area contributed by atoms with E-state index < -0.39 is 23.6 Å². The van der Waals surface area contributed by atoms with Crippen LogP contribution in [-0.2, 0) is 9.53 Å². The highest BCUT2D eigenvalue weighted by Gasteiger charge is 2.27. The Hall–Kier alpha value is -5.21. The standard InChI is InChI=1S/C33H36N8O3/c1-19(34)28-30(35-7)29(38-18-37-28)24-16-25(11-9-22-10-12-26-20(2)36-14-13-23(26)15-22)39-27(17-24)40-31(42)21(3)41(8)32(43)44-33(4,5)6/h10,12-18,21,34-35H,1-8H3,(H,39,40,42)/p+1. The van der Waals surface area contributed by atoms with Crippen molar-refractivity contribution >= 4 is 40.0 Å². The van der Waals surface area contributed by atoms with Gasteiger partial charge in [0.2, 0.25) is 5.91 Å². The Morgan fingerprint density at radius 2 is 1.84 bits per heavy atom. The molecule has 2 amide bonds. The van der Waals surface area contributed by atoms with Crippen LogP contribution in [0.5, 0.6) is 0 Å². The first kappa shape index (κ1) is 31.7. The number of ether oxygens (including phenoxy) is 1. The van der Waals surface area contributed by atoms with Crippen LogP contribution in [0.4, 0.5) is 16.3 Å². The zero-order chi connectivity index (χ0) is 32.2. The maximum Gasteiger partial charge on any atom is 0.410 e. The molecule has 44 heavy (non-hydrogen) atoms. The third-order valence-electron chi connectivity index (χ3n) is 6.82. The fourth-order valence-corrected chi connectivity index (χ4v) is 4.43. The molecule has 226 valence electrons. The first-order valence-corrected chi connectivity index (χ1v) is 14.1. The summed E-state index contributed by atoms with van der Waals surface area (Å²) in [5, 5.41) is 14.9. The van der Waals surface area contributed by atoms with Gasteiger partial charge >= 0.3 is 6.09 Å². The van der Waals surface area contributed by atoms with Crippen LogP contribution < -0.4 is 10.6 Å². The summed E-state index contributed by atoms with van der Waals surface area (Å²) in [6, 6.07) is 10.5. The molecule has 4 N–H and O–H groups in total. The highest BCUT2D eigenvalue weighted by Crippen LogP contribution is 2.27. The Morgan fingerprint density at radius 1 is 1.09 bits per heavy atom. The summed E-state index contributed by atoms with van der Waals surface area (Å²) in [5.74, 6) is 6.08. The summed E-state index contributed by atoms with van der Waals surface area (Å²) in [6.07, 6.45) is 2.56. The zero-order valence-electron chi connectivity index (χ0n) is 26.2. The number of benzene rings is 1. The number of nitrogens with two attached hydrogens (primary N) is 1. The second-order valence-corrected chi connectivity index (χ2v) is 11.4. The normalized spacial score (nSPS) is 11.7. The van der Waals surface area contributed by atoms with E-state index >= 15 is 0 Å². The van der Waals surface area contributed by atoms with E-state index in [4.69, 9.17) is 10.1 Å². The number of nitrogens with one attached hydrogen (secondary N) is 2. The Morgan fingerprint density at radius 3 is 2.52 bits per heavy atom. The van der Waals surface area contributed by atoms with Crippen LogP contribution in [0.25, 0.3) is 22.0 Å². The van der Waals surface area contributed by atoms with Gasteiger partial charge in [0, 0.05) is 35.5 Å². The van der Waals surface area contributed by atoms with E-state index in [0.717, 1.165) is 22.0 Å². The number of amides is 2. The van der Waals surface area contributed by atoms with E-state index in [1.807, 2.05) is 43.6 Å². The molecule has 0 saturated carbocycles. The molecule has 3 aromatic heterocycles. The predicted octanol–water partition coefficient (Wildman–Crippen LogP) is 4.20. The minimum Gasteiger partial charge on any atom is -0.444 e. The number of pyridine rings is 2. The molecular formula is C33H37N8O3+. The molecule has 1 atom stereocenters. The van der Waals surface area contributed by atoms with Crippen molar-refractivity contribution in [3.8, 4) is 23.1 Å². The molecule has 4 rings (SSSR count). The van der Waals surface area contributed by atoms with Crippen molar-refractivity contribution in [2.24, 2.45) is 0 Å². The summed E-state index contributed by atoms with van der Waals surface area (Å²) < 4.78 is 5.41. The molecule has 0 aliphatic rings. The van der Waals surface area contributed by atoms with E-state index in [1.54, 1.807) is 52.9 Å². The maximum absolute atomic E-state index is 13.3. The Kier molecular flexibility index (Phi) is 9.35. The Labute approximate surface area is 257 Å². The van der Waals surface area contributed by atoms with Gasteiger partial charge in [-0.2, -0.15) is 0 Å². The minimum atomic E-state index is -0.855. The number of fused-ring (bicyclic) bond motifs is 1. The first-order valence-electron chi connectivity index (χ1n) is 14.1. The molecule has 0 radical (unpaired) electrons. The van der Waals surface area contributed by atoms with Gasteiger partial charge in [0.15, 0.2) is 5.69 Å². The summed E-state index contributed by atoms with van der Waals surface area (Å²) in [6.45, 7) is 10.5. The lowest BCUT2D eigenvalue weighted by molar-refractivity contribution is -0.539. The predicted molar refractivity (Wildman–Crippen MR) is 170 cm³/mol. The van der Waals surface area contributed by atoms with Gasteiger partial charge in [-0.25, -0.2) is 19.7 Å². The highest BCUT2D eigenvalue weighted by molar-refractivity contribution is 6.00. The average Bonchev–Trinajstić information content (AvgIpc) is 2.97. The topological polar surface area (TPSA) is 151 Å². The van der Waals surface area contributed by atoms with Crippen LogP contribution >= 0.6 is 0 Å². The third kappa shape index (κ3) is 7.40. The van der Waals surface area contributed by atoms with Crippen LogP contribution in [0, 0.1) is 24.2 Å². The monoisotopic (exact) mass is 593 g/mol. The van der Waals surface area contributed by atoms with Crippen LogP contribution in [0.2, 0.25) is 0 Å². The van der Waals surface area contributed by atoms with E-state index in [0.29, 0.717) is 34.0 Å². The number of carbonyl (C=O) groups excluding carboxylic acids is 2. The number of quaternary nitrogens is 1. The highest BCUT2D eigenvalue weighted by atomic mass is 16.6. The van der Waals surface area contributed by atoms with E-state index in [-0.39, 0.29) is 5.82 Å². The van der Waals surface area contributed by atoms with Gasteiger partial charge in [0.25, 0.3) is 0 Å². The lowest BCUT2D eigenvalue weighted by atomic mass is 10.1. The smallest absolute Gasteiger partial charge is 0.410 e. The number of rotatable bonds is 6. The van der Waals surface area contributed by atoms with Crippen molar-refractivity contribution < 1.29 is 19.6 Å². The molecule has 1 aromatic carbocycles. The fourth-order valence-electron chi connectivity index (χ4n) is 4.43. The molecular weight excluding hydrogens is 556 g/mol. The fraction of sp³-hybridized carbons (Fsp3) is 0.303. The van der Waals surface area contributed by atoms with Crippen LogP contribution in [0.15, 0.2) is 48.9 Å². The number of hydrogen-bond donors (Lipinski definition) is 3. The van der Waals surface area contributed by atoms with Crippen molar-refractivity contribution in [3.63, 3.8) is 0 Å². The van der Waals surface area contributed by atoms with Crippen LogP contribution in [0.1, 0.15) is 57.3 Å². The van der Waals surface area contributed by atoms with Gasteiger partial charge in [-0.3, -0.25) is 14.7 Å². The Bertz CT molecular complexity index is 1820. The van der Waals surface area contributed by atoms with Gasteiger partial charge in [-0.1, -0.05) is 12.0 Å². The van der Waals surface area contributed by atoms with Crippen molar-refractivity contribution in [3.05, 3.63) is 71.6 Å². The van der Waals surface area contributed by atoms with Crippen molar-refractivity contribution in [1.82, 2.24) is 24.8 Å². The van der Waals surface area contributed by atoms with Crippen LogP contribution in [-0.4, -0.2) is 68.3 Å². The van der Waals surface area contributed by atoms with E-state index in [1.165, 1.54) is 18.3 Å². The number of anilines is 1. The number of carbonyl (C=O) groups is 2. The molecule has 0 aliphatic heterocycles. The number of aryl methyl sites for hydroxylation is 1. The zero-order valence-corrected chi connectivity index (χ0v) is 26.2. The van der Waals surface area contributed by atoms with Gasteiger partial charge in [0.1, 0.15) is 40.9 Å². The van der Waals surface area contributed by atoms with Gasteiger partial charge in [-0.15, -0.1) is 0 Å². The lowest BCUT2D eigenvalue weighted by Crippen LogP contribution is -2.73. The van der Waals surface area contributed by atoms with Crippen molar-refractivity contribution in [1.29, 1.82) is 5.41 Å². The van der Waals surface area contributed by atoms with E-state index in [2.05, 4.69) is 37.1 Å². The van der Waals surface area contributed by atoms with Crippen LogP contribution in [0.3, 0.4) is 0 Å². The Balaban J connectivity index is 1.75. The number of likely N-dealkylation sites (N-methyl/N-ethyl adjacent to an activating group) is 1. The second kappa shape index (κ2) is 13.0. The average molecular weight is 594 g/mol. The summed E-state index contributed by atoms with van der Waals surface area (Å²) in [7, 11) is 3.36. The molecule has 3 heterocycles. The molecule has 4 aromatic rings. The van der Waals surface area contributed by atoms with Crippen molar-refractivity contribution in [2.75, 3.05) is 19.4 Å². The summed E-state index contributed by atoms with van der Waals surface area (Å²) in [4.78, 5) is 44.8. The SMILES string of the molecule is C[NH2+]c1c(C(C)=N)ncnc1-c1cc(C#Cc2ccc3c(C)nccc3c2)nc(NC(=O)C(C)N(C)C(=O)OC(C)(C)C)c1. The molecule has 0 fully saturated rings. The largest absolute Gasteiger partial charge is 0.444 e. The van der Waals surface area contributed by atoms with Gasteiger partial charge in [0.05, 0.1) is 12.8 Å². The lowest BCUT2D eigenvalue weighted by Gasteiger charge is -2.28. The molecule has 0 bridgehead atoms.